The Bertz CT molecular complexity index is 264. The molecule has 0 aromatic rings. The molecular weight excluding hydrogens is 224 g/mol. The van der Waals surface area contributed by atoms with E-state index in [0.29, 0.717) is 11.5 Å². The van der Waals surface area contributed by atoms with Crippen LogP contribution in [0, 0.1) is 0 Å². The maximum absolute atomic E-state index is 11.2. The van der Waals surface area contributed by atoms with E-state index in [2.05, 4.69) is 17.1 Å². The lowest BCUT2D eigenvalue weighted by atomic mass is 10.3. The highest BCUT2D eigenvalue weighted by atomic mass is 32.2. The largest absolute Gasteiger partial charge is 0.317 e. The first-order valence-corrected chi connectivity index (χ1v) is 8.09. The van der Waals surface area contributed by atoms with Crippen LogP contribution >= 0.6 is 0 Å². The molecule has 0 bridgehead atoms. The van der Waals surface area contributed by atoms with Gasteiger partial charge in [0.15, 0.2) is 9.84 Å². The normalized spacial score (nSPS) is 21.1. The van der Waals surface area contributed by atoms with Crippen LogP contribution in [0.5, 0.6) is 0 Å². The zero-order valence-electron chi connectivity index (χ0n) is 10.2. The summed E-state index contributed by atoms with van der Waals surface area (Å²) in [6, 6.07) is 0. The molecule has 0 aromatic heterocycles. The van der Waals surface area contributed by atoms with Crippen LogP contribution in [-0.4, -0.2) is 57.5 Å². The number of rotatable bonds is 7. The second-order valence-corrected chi connectivity index (χ2v) is 6.75. The first kappa shape index (κ1) is 13.9. The molecule has 1 saturated heterocycles. The Kier molecular flexibility index (Phi) is 6.31. The van der Waals surface area contributed by atoms with Crippen molar-refractivity contribution < 1.29 is 8.42 Å². The third kappa shape index (κ3) is 5.82. The summed E-state index contributed by atoms with van der Waals surface area (Å²) >= 11 is 0. The van der Waals surface area contributed by atoms with Crippen molar-refractivity contribution in [3.05, 3.63) is 0 Å². The van der Waals surface area contributed by atoms with E-state index < -0.39 is 9.84 Å². The van der Waals surface area contributed by atoms with Gasteiger partial charge in [-0.15, -0.1) is 0 Å². The molecule has 0 atom stereocenters. The molecule has 0 amide bonds. The van der Waals surface area contributed by atoms with Crippen LogP contribution < -0.4 is 5.32 Å². The lowest BCUT2D eigenvalue weighted by Crippen LogP contribution is -2.40. The van der Waals surface area contributed by atoms with Gasteiger partial charge in [0.05, 0.1) is 11.5 Å². The molecule has 1 fully saturated rings. The fourth-order valence-electron chi connectivity index (χ4n) is 1.86. The van der Waals surface area contributed by atoms with E-state index in [1.165, 1.54) is 12.8 Å². The number of unbranched alkanes of at least 4 members (excludes halogenated alkanes) is 1. The number of nitrogens with one attached hydrogen (secondary N) is 1. The van der Waals surface area contributed by atoms with Gasteiger partial charge in [-0.3, -0.25) is 0 Å². The molecule has 1 aliphatic rings. The molecule has 0 unspecified atom stereocenters. The summed E-state index contributed by atoms with van der Waals surface area (Å²) in [6.07, 6.45) is 3.53. The van der Waals surface area contributed by atoms with E-state index >= 15 is 0 Å². The molecule has 16 heavy (non-hydrogen) atoms. The van der Waals surface area contributed by atoms with Crippen LogP contribution in [0.15, 0.2) is 0 Å². The van der Waals surface area contributed by atoms with Crippen LogP contribution in [0.25, 0.3) is 0 Å². The van der Waals surface area contributed by atoms with Crippen LogP contribution in [0.2, 0.25) is 0 Å². The number of hydrogen-bond donors (Lipinski definition) is 1. The summed E-state index contributed by atoms with van der Waals surface area (Å²) < 4.78 is 22.4. The van der Waals surface area contributed by atoms with Gasteiger partial charge in [-0.1, -0.05) is 6.92 Å². The first-order chi connectivity index (χ1) is 7.64. The van der Waals surface area contributed by atoms with E-state index in [1.54, 1.807) is 0 Å². The number of nitrogens with zero attached hydrogens (tertiary/aromatic N) is 1. The monoisotopic (exact) mass is 248 g/mol. The zero-order valence-corrected chi connectivity index (χ0v) is 11.1. The van der Waals surface area contributed by atoms with Crippen molar-refractivity contribution >= 4 is 9.84 Å². The van der Waals surface area contributed by atoms with Crippen molar-refractivity contribution in [2.75, 3.05) is 44.2 Å². The summed E-state index contributed by atoms with van der Waals surface area (Å²) in [5, 5.41) is 3.37. The van der Waals surface area contributed by atoms with Gasteiger partial charge in [0.25, 0.3) is 0 Å². The van der Waals surface area contributed by atoms with Crippen molar-refractivity contribution in [3.8, 4) is 0 Å². The van der Waals surface area contributed by atoms with Crippen molar-refractivity contribution in [1.82, 2.24) is 10.2 Å². The average Bonchev–Trinajstić information content (AvgIpc) is 2.25. The van der Waals surface area contributed by atoms with Crippen LogP contribution in [0.3, 0.4) is 0 Å². The molecule has 0 saturated carbocycles. The van der Waals surface area contributed by atoms with E-state index in [0.717, 1.165) is 39.1 Å². The highest BCUT2D eigenvalue weighted by Crippen LogP contribution is 2.04. The first-order valence-electron chi connectivity index (χ1n) is 6.27. The van der Waals surface area contributed by atoms with Gasteiger partial charge < -0.3 is 10.2 Å². The Morgan fingerprint density at radius 2 is 1.81 bits per heavy atom. The highest BCUT2D eigenvalue weighted by molar-refractivity contribution is 7.91. The minimum absolute atomic E-state index is 0.348. The molecule has 1 N–H and O–H groups in total. The fourth-order valence-corrected chi connectivity index (χ4v) is 3.14. The second kappa shape index (κ2) is 7.25. The van der Waals surface area contributed by atoms with Gasteiger partial charge in [-0.25, -0.2) is 8.42 Å². The average molecular weight is 248 g/mol. The SMILES string of the molecule is CCCNCCCCN1CCS(=O)(=O)CC1. The summed E-state index contributed by atoms with van der Waals surface area (Å²) in [5.74, 6) is 0.697. The Morgan fingerprint density at radius 3 is 2.44 bits per heavy atom. The summed E-state index contributed by atoms with van der Waals surface area (Å²) in [6.45, 7) is 6.85. The molecule has 0 aromatic carbocycles. The second-order valence-electron chi connectivity index (χ2n) is 4.45. The standard InChI is InChI=1S/C11H24N2O2S/c1-2-5-12-6-3-4-7-13-8-10-16(14,15)11-9-13/h12H,2-11H2,1H3. The molecule has 0 radical (unpaired) electrons. The van der Waals surface area contributed by atoms with Crippen molar-refractivity contribution in [2.24, 2.45) is 0 Å². The number of sulfone groups is 1. The molecule has 96 valence electrons. The fraction of sp³-hybridized carbons (Fsp3) is 1.00. The minimum atomic E-state index is -2.71. The lowest BCUT2D eigenvalue weighted by Gasteiger charge is -2.26. The maximum Gasteiger partial charge on any atom is 0.152 e. The maximum atomic E-state index is 11.2. The predicted octanol–water partition coefficient (Wildman–Crippen LogP) is 0.497. The lowest BCUT2D eigenvalue weighted by molar-refractivity contribution is 0.288. The third-order valence-corrected chi connectivity index (χ3v) is 4.55. The van der Waals surface area contributed by atoms with Gasteiger partial charge in [0, 0.05) is 13.1 Å². The van der Waals surface area contributed by atoms with E-state index in [9.17, 15) is 8.42 Å². The molecule has 5 heteroatoms. The summed E-state index contributed by atoms with van der Waals surface area (Å²) in [7, 11) is -2.71. The Morgan fingerprint density at radius 1 is 1.12 bits per heavy atom. The van der Waals surface area contributed by atoms with E-state index in [-0.39, 0.29) is 0 Å². The molecular formula is C11H24N2O2S. The van der Waals surface area contributed by atoms with Crippen LogP contribution in [0.4, 0.5) is 0 Å². The van der Waals surface area contributed by atoms with Gasteiger partial charge >= 0.3 is 0 Å². The topological polar surface area (TPSA) is 49.4 Å². The zero-order chi connectivity index (χ0) is 11.9. The molecule has 4 nitrogen and oxygen atoms in total. The quantitative estimate of drug-likeness (QED) is 0.667. The van der Waals surface area contributed by atoms with E-state index in [4.69, 9.17) is 0 Å². The van der Waals surface area contributed by atoms with Crippen molar-refractivity contribution in [3.63, 3.8) is 0 Å². The van der Waals surface area contributed by atoms with Gasteiger partial charge in [-0.05, 0) is 38.9 Å². The van der Waals surface area contributed by atoms with Crippen molar-refractivity contribution in [2.45, 2.75) is 26.2 Å². The Balaban J connectivity index is 1.98. The molecule has 0 spiro atoms. The molecule has 0 aliphatic carbocycles. The third-order valence-electron chi connectivity index (χ3n) is 2.94. The van der Waals surface area contributed by atoms with Crippen molar-refractivity contribution in [1.29, 1.82) is 0 Å². The van der Waals surface area contributed by atoms with Crippen LogP contribution in [-0.2, 0) is 9.84 Å². The predicted molar refractivity (Wildman–Crippen MR) is 67.5 cm³/mol. The number of hydrogen-bond acceptors (Lipinski definition) is 4. The Labute approximate surface area is 99.3 Å². The van der Waals surface area contributed by atoms with Gasteiger partial charge in [0.2, 0.25) is 0 Å². The van der Waals surface area contributed by atoms with Gasteiger partial charge in [-0.2, -0.15) is 0 Å². The van der Waals surface area contributed by atoms with E-state index in [1.807, 2.05) is 0 Å². The Hall–Kier alpha value is -0.130. The summed E-state index contributed by atoms with van der Waals surface area (Å²) in [5.41, 5.74) is 0. The molecule has 1 rings (SSSR count). The van der Waals surface area contributed by atoms with Crippen LogP contribution in [0.1, 0.15) is 26.2 Å². The smallest absolute Gasteiger partial charge is 0.152 e. The molecule has 1 heterocycles. The minimum Gasteiger partial charge on any atom is -0.317 e. The highest BCUT2D eigenvalue weighted by Gasteiger charge is 2.20. The summed E-state index contributed by atoms with van der Waals surface area (Å²) in [4.78, 5) is 2.26. The molecule has 1 aliphatic heterocycles. The van der Waals surface area contributed by atoms with Gasteiger partial charge in [0.1, 0.15) is 0 Å².